The number of benzene rings is 3. The summed E-state index contributed by atoms with van der Waals surface area (Å²) in [6.45, 7) is 34.5. The minimum Gasteiger partial charge on any atom is -0.414 e. The molecule has 1 aliphatic heterocycles. The normalized spacial score (nSPS) is 22.5. The van der Waals surface area contributed by atoms with Crippen molar-refractivity contribution in [3.63, 3.8) is 0 Å². The van der Waals surface area contributed by atoms with E-state index in [1.165, 1.54) is 0 Å². The topological polar surface area (TPSA) is 46.2 Å². The Morgan fingerprint density at radius 3 is 1.29 bits per heavy atom. The molecule has 4 rings (SSSR count). The predicted octanol–water partition coefficient (Wildman–Crippen LogP) is 11.1. The largest absolute Gasteiger partial charge is 0.414 e. The molecule has 0 amide bonds. The fraction of sp³-hybridized carbons (Fsp3) is 0.581. The molecule has 284 valence electrons. The smallest absolute Gasteiger partial charge is 0.192 e. The van der Waals surface area contributed by atoms with Gasteiger partial charge in [0.05, 0.1) is 19.3 Å². The molecule has 3 aromatic carbocycles. The fourth-order valence-corrected chi connectivity index (χ4v) is 9.65. The highest BCUT2D eigenvalue weighted by Gasteiger charge is 2.61. The lowest BCUT2D eigenvalue weighted by molar-refractivity contribution is -0.154. The van der Waals surface area contributed by atoms with Gasteiger partial charge in [-0.1, -0.05) is 153 Å². The van der Waals surface area contributed by atoms with Gasteiger partial charge in [0.15, 0.2) is 25.0 Å². The predicted molar refractivity (Wildman–Crippen MR) is 226 cm³/mol. The van der Waals surface area contributed by atoms with Crippen molar-refractivity contribution >= 4 is 32.8 Å². The quantitative estimate of drug-likeness (QED) is 0.128. The van der Waals surface area contributed by atoms with Gasteiger partial charge in [-0.2, -0.15) is 0 Å². The van der Waals surface area contributed by atoms with Gasteiger partial charge >= 0.3 is 0 Å². The molecule has 1 fully saturated rings. The van der Waals surface area contributed by atoms with Crippen LogP contribution in [0.5, 0.6) is 0 Å². The molecular formula is C43H67BO5Si3. The first-order valence-corrected chi connectivity index (χ1v) is 27.8. The van der Waals surface area contributed by atoms with E-state index in [-0.39, 0.29) is 28.3 Å². The second kappa shape index (κ2) is 15.4. The van der Waals surface area contributed by atoms with Crippen LogP contribution < -0.4 is 0 Å². The summed E-state index contributed by atoms with van der Waals surface area (Å²) < 4.78 is 36.7. The van der Waals surface area contributed by atoms with Crippen molar-refractivity contribution in [2.24, 2.45) is 0 Å². The number of hydrogen-bond donors (Lipinski definition) is 0. The van der Waals surface area contributed by atoms with Crippen LogP contribution >= 0.6 is 0 Å². The Morgan fingerprint density at radius 1 is 0.558 bits per heavy atom. The van der Waals surface area contributed by atoms with Crippen molar-refractivity contribution in [2.45, 2.75) is 146 Å². The van der Waals surface area contributed by atoms with Gasteiger partial charge in [0, 0.05) is 6.00 Å². The van der Waals surface area contributed by atoms with Crippen LogP contribution in [0.2, 0.25) is 54.4 Å². The van der Waals surface area contributed by atoms with Gasteiger partial charge in [-0.3, -0.25) is 0 Å². The molecule has 0 N–H and O–H groups in total. The maximum absolute atomic E-state index is 7.60. The maximum atomic E-state index is 7.60. The van der Waals surface area contributed by atoms with Crippen molar-refractivity contribution in [3.8, 4) is 0 Å². The summed E-state index contributed by atoms with van der Waals surface area (Å²) in [6.07, 6.45) is -1.05. The van der Waals surface area contributed by atoms with Gasteiger partial charge in [-0.25, -0.2) is 0 Å². The molecule has 0 unspecified atom stereocenters. The van der Waals surface area contributed by atoms with Crippen LogP contribution in [0.4, 0.5) is 0 Å². The zero-order chi connectivity index (χ0) is 39.0. The first kappa shape index (κ1) is 42.9. The lowest BCUT2D eigenvalue weighted by Crippen LogP contribution is -2.61. The van der Waals surface area contributed by atoms with Crippen molar-refractivity contribution in [1.82, 2.24) is 0 Å². The molecule has 0 aliphatic carbocycles. The minimum absolute atomic E-state index is 0.0233. The molecule has 3 aromatic rings. The summed E-state index contributed by atoms with van der Waals surface area (Å²) >= 11 is 0. The van der Waals surface area contributed by atoms with E-state index >= 15 is 0 Å². The van der Waals surface area contributed by atoms with Crippen molar-refractivity contribution < 1.29 is 22.8 Å². The molecule has 9 heteroatoms. The minimum atomic E-state index is -2.43. The zero-order valence-corrected chi connectivity index (χ0v) is 37.9. The van der Waals surface area contributed by atoms with E-state index in [4.69, 9.17) is 30.6 Å². The fourth-order valence-electron chi connectivity index (χ4n) is 5.98. The second-order valence-corrected chi connectivity index (χ2v) is 33.7. The third-order valence-electron chi connectivity index (χ3n) is 12.5. The average molecular weight is 759 g/mol. The summed E-state index contributed by atoms with van der Waals surface area (Å²) in [5.41, 5.74) is 1.01. The standard InChI is InChI=1S/C43H67BO5Si3/c1-39(2,3)50(10,11)46-32-42(37(49-52(14,15)41(7,8)9)36(38(44)47-42)48-51(12,13)40(4,5)6)31-45-43(33-25-19-16-20-26-33,34-27-21-17-22-28-34)35-29-23-18-24-30-35/h16-30,36-38H,31-32H2,1-15H3/t36-,37-,38-,42-/m1/s1. The highest BCUT2D eigenvalue weighted by atomic mass is 28.4. The summed E-state index contributed by atoms with van der Waals surface area (Å²) in [7, 11) is 0.0759. The van der Waals surface area contributed by atoms with Gasteiger partial charge in [0.25, 0.3) is 0 Å². The highest BCUT2D eigenvalue weighted by molar-refractivity contribution is 6.75. The Balaban J connectivity index is 1.98. The molecule has 5 nitrogen and oxygen atoms in total. The molecule has 1 aliphatic rings. The summed E-state index contributed by atoms with van der Waals surface area (Å²) in [5.74, 6) is 0. The molecule has 0 aromatic heterocycles. The van der Waals surface area contributed by atoms with E-state index in [1.54, 1.807) is 0 Å². The van der Waals surface area contributed by atoms with Crippen LogP contribution in [-0.2, 0) is 28.4 Å². The van der Waals surface area contributed by atoms with E-state index in [2.05, 4.69) is 174 Å². The monoisotopic (exact) mass is 758 g/mol. The molecule has 1 saturated heterocycles. The van der Waals surface area contributed by atoms with Crippen LogP contribution in [0.25, 0.3) is 0 Å². The molecule has 52 heavy (non-hydrogen) atoms. The maximum Gasteiger partial charge on any atom is 0.192 e. The lowest BCUT2D eigenvalue weighted by atomic mass is 9.79. The molecule has 4 atom stereocenters. The molecule has 2 radical (unpaired) electrons. The Hall–Kier alpha value is -1.82. The summed E-state index contributed by atoms with van der Waals surface area (Å²) in [6, 6.07) is 30.7. The number of ether oxygens (including phenoxy) is 2. The Morgan fingerprint density at radius 2 is 0.923 bits per heavy atom. The van der Waals surface area contributed by atoms with Gasteiger partial charge in [-0.05, 0) is 71.1 Å². The SMILES string of the molecule is [B][C@@H]1O[C@](COC(c2ccccc2)(c2ccccc2)c2ccccc2)(CO[Si](C)(C)C(C)(C)C)[C@H](O[Si](C)(C)C(C)(C)C)[C@H]1O[Si](C)(C)C(C)(C)C. The van der Waals surface area contributed by atoms with Crippen LogP contribution in [0.15, 0.2) is 91.0 Å². The zero-order valence-electron chi connectivity index (χ0n) is 34.9. The van der Waals surface area contributed by atoms with Crippen LogP contribution in [-0.4, -0.2) is 69.8 Å². The van der Waals surface area contributed by atoms with Gasteiger partial charge < -0.3 is 22.8 Å². The van der Waals surface area contributed by atoms with Crippen molar-refractivity contribution in [2.75, 3.05) is 13.2 Å². The molecule has 0 spiro atoms. The summed E-state index contributed by atoms with van der Waals surface area (Å²) in [5, 5.41) is -0.142. The van der Waals surface area contributed by atoms with Gasteiger partial charge in [-0.15, -0.1) is 0 Å². The average Bonchev–Trinajstić information content (AvgIpc) is 3.29. The second-order valence-electron chi connectivity index (χ2n) is 19.4. The number of rotatable bonds is 13. The van der Waals surface area contributed by atoms with Crippen LogP contribution in [0.1, 0.15) is 79.0 Å². The third kappa shape index (κ3) is 8.83. The van der Waals surface area contributed by atoms with E-state index < -0.39 is 54.4 Å². The van der Waals surface area contributed by atoms with Gasteiger partial charge in [0.1, 0.15) is 25.2 Å². The number of hydrogen-bond acceptors (Lipinski definition) is 5. The Bertz CT molecular complexity index is 1480. The Kier molecular flexibility index (Phi) is 12.7. The highest BCUT2D eigenvalue weighted by Crippen LogP contribution is 2.49. The first-order valence-electron chi connectivity index (χ1n) is 19.0. The van der Waals surface area contributed by atoms with Crippen molar-refractivity contribution in [1.29, 1.82) is 0 Å². The molecular weight excluding hydrogens is 692 g/mol. The lowest BCUT2D eigenvalue weighted by Gasteiger charge is -2.48. The molecule has 0 bridgehead atoms. The van der Waals surface area contributed by atoms with E-state index in [9.17, 15) is 0 Å². The van der Waals surface area contributed by atoms with Crippen molar-refractivity contribution in [3.05, 3.63) is 108 Å². The van der Waals surface area contributed by atoms with Crippen LogP contribution in [0, 0.1) is 0 Å². The van der Waals surface area contributed by atoms with E-state index in [0.717, 1.165) is 16.7 Å². The summed E-state index contributed by atoms with van der Waals surface area (Å²) in [4.78, 5) is 0. The third-order valence-corrected chi connectivity index (χ3v) is 25.9. The van der Waals surface area contributed by atoms with E-state index in [1.807, 2.05) is 18.2 Å². The molecule has 0 saturated carbocycles. The van der Waals surface area contributed by atoms with Crippen LogP contribution in [0.3, 0.4) is 0 Å². The van der Waals surface area contributed by atoms with Gasteiger partial charge in [0.2, 0.25) is 0 Å². The first-order chi connectivity index (χ1) is 23.8. The van der Waals surface area contributed by atoms with E-state index in [0.29, 0.717) is 0 Å². The Labute approximate surface area is 321 Å². The molecule has 1 heterocycles.